The monoisotopic (exact) mass is 202 g/mol. The molecule has 1 unspecified atom stereocenters. The van der Waals surface area contributed by atoms with Crippen LogP contribution < -0.4 is 5.73 Å². The number of carbonyl (C=O) groups excluding carboxylic acids is 1. The minimum Gasteiger partial charge on any atom is -0.447 e. The summed E-state index contributed by atoms with van der Waals surface area (Å²) >= 11 is 0. The van der Waals surface area contributed by atoms with Crippen LogP contribution in [0, 0.1) is 0 Å². The van der Waals surface area contributed by atoms with E-state index >= 15 is 0 Å². The molecule has 1 rings (SSSR count). The lowest BCUT2D eigenvalue weighted by Crippen LogP contribution is -2.42. The first kappa shape index (κ1) is 11.3. The highest BCUT2D eigenvalue weighted by atomic mass is 16.6. The fraction of sp³-hybridized carbons (Fsp3) is 0.889. The quantitative estimate of drug-likeness (QED) is 0.659. The molecular formula is C9H18N2O3. The molecule has 0 aliphatic carbocycles. The van der Waals surface area contributed by atoms with Gasteiger partial charge in [-0.1, -0.05) is 0 Å². The van der Waals surface area contributed by atoms with Gasteiger partial charge in [0.15, 0.2) is 0 Å². The van der Waals surface area contributed by atoms with Gasteiger partial charge >= 0.3 is 6.09 Å². The lowest BCUT2D eigenvalue weighted by molar-refractivity contribution is 0.0740. The average molecular weight is 202 g/mol. The summed E-state index contributed by atoms with van der Waals surface area (Å²) in [6.07, 6.45) is -0.399. The first-order valence-electron chi connectivity index (χ1n) is 4.88. The van der Waals surface area contributed by atoms with E-state index in [2.05, 4.69) is 0 Å². The molecule has 0 bridgehead atoms. The second kappa shape index (κ2) is 5.17. The number of rotatable bonds is 1. The maximum Gasteiger partial charge on any atom is 0.410 e. The Morgan fingerprint density at radius 1 is 1.64 bits per heavy atom. The third-order valence-electron chi connectivity index (χ3n) is 1.89. The molecule has 0 aromatic carbocycles. The van der Waals surface area contributed by atoms with E-state index in [1.165, 1.54) is 0 Å². The van der Waals surface area contributed by atoms with Crippen LogP contribution in [0.1, 0.15) is 13.8 Å². The van der Waals surface area contributed by atoms with Crippen LogP contribution in [0.2, 0.25) is 0 Å². The maximum absolute atomic E-state index is 11.5. The highest BCUT2D eigenvalue weighted by Crippen LogP contribution is 2.03. The van der Waals surface area contributed by atoms with Gasteiger partial charge in [-0.15, -0.1) is 0 Å². The molecule has 82 valence electrons. The van der Waals surface area contributed by atoms with E-state index in [9.17, 15) is 4.79 Å². The molecule has 0 spiro atoms. The van der Waals surface area contributed by atoms with Crippen LogP contribution in [0.5, 0.6) is 0 Å². The Morgan fingerprint density at radius 3 is 3.00 bits per heavy atom. The molecule has 14 heavy (non-hydrogen) atoms. The summed E-state index contributed by atoms with van der Waals surface area (Å²) in [5, 5.41) is 0. The fourth-order valence-electron chi connectivity index (χ4n) is 1.28. The predicted octanol–water partition coefficient (Wildman–Crippen LogP) is 0.191. The summed E-state index contributed by atoms with van der Waals surface area (Å²) < 4.78 is 10.3. The molecule has 1 aliphatic heterocycles. The maximum atomic E-state index is 11.5. The topological polar surface area (TPSA) is 64.8 Å². The van der Waals surface area contributed by atoms with Crippen LogP contribution in [-0.4, -0.2) is 49.4 Å². The SMILES string of the molecule is CC(C)OC(=O)N1CCOCC(N)C1. The molecule has 2 N–H and O–H groups in total. The van der Waals surface area contributed by atoms with E-state index in [0.717, 1.165) is 0 Å². The van der Waals surface area contributed by atoms with E-state index in [-0.39, 0.29) is 18.2 Å². The molecule has 1 amide bonds. The summed E-state index contributed by atoms with van der Waals surface area (Å²) in [5.74, 6) is 0. The van der Waals surface area contributed by atoms with Crippen molar-refractivity contribution in [3.05, 3.63) is 0 Å². The van der Waals surface area contributed by atoms with Crippen LogP contribution in [0.15, 0.2) is 0 Å². The Morgan fingerprint density at radius 2 is 2.36 bits per heavy atom. The van der Waals surface area contributed by atoms with Gasteiger partial charge in [-0.2, -0.15) is 0 Å². The molecule has 0 radical (unpaired) electrons. The number of hydrogen-bond donors (Lipinski definition) is 1. The Bertz CT molecular complexity index is 196. The minimum absolute atomic E-state index is 0.0945. The van der Waals surface area contributed by atoms with Crippen LogP contribution in [0.4, 0.5) is 4.79 Å². The van der Waals surface area contributed by atoms with Crippen LogP contribution in [0.25, 0.3) is 0 Å². The standard InChI is InChI=1S/C9H18N2O3/c1-7(2)14-9(12)11-3-4-13-6-8(10)5-11/h7-8H,3-6,10H2,1-2H3. The molecular weight excluding hydrogens is 184 g/mol. The molecule has 5 nitrogen and oxygen atoms in total. The third kappa shape index (κ3) is 3.51. The van der Waals surface area contributed by atoms with Gasteiger partial charge in [0.25, 0.3) is 0 Å². The first-order valence-corrected chi connectivity index (χ1v) is 4.88. The van der Waals surface area contributed by atoms with Crippen molar-refractivity contribution in [3.63, 3.8) is 0 Å². The van der Waals surface area contributed by atoms with Crippen LogP contribution in [-0.2, 0) is 9.47 Å². The van der Waals surface area contributed by atoms with E-state index < -0.39 is 0 Å². The molecule has 1 aliphatic rings. The van der Waals surface area contributed by atoms with Crippen molar-refractivity contribution >= 4 is 6.09 Å². The van der Waals surface area contributed by atoms with Crippen LogP contribution in [0.3, 0.4) is 0 Å². The van der Waals surface area contributed by atoms with Crippen molar-refractivity contribution < 1.29 is 14.3 Å². The van der Waals surface area contributed by atoms with Gasteiger partial charge in [0.05, 0.1) is 19.3 Å². The summed E-state index contributed by atoms with van der Waals surface area (Å²) in [7, 11) is 0. The highest BCUT2D eigenvalue weighted by Gasteiger charge is 2.21. The van der Waals surface area contributed by atoms with Gasteiger partial charge in [0.1, 0.15) is 0 Å². The zero-order chi connectivity index (χ0) is 10.6. The van der Waals surface area contributed by atoms with E-state index in [4.69, 9.17) is 15.2 Å². The number of hydrogen-bond acceptors (Lipinski definition) is 4. The molecule has 1 fully saturated rings. The molecule has 0 aromatic rings. The second-order valence-electron chi connectivity index (χ2n) is 3.71. The summed E-state index contributed by atoms with van der Waals surface area (Å²) in [6, 6.07) is -0.114. The van der Waals surface area contributed by atoms with Gasteiger partial charge in [0, 0.05) is 19.1 Å². The number of nitrogens with zero attached hydrogens (tertiary/aromatic N) is 1. The smallest absolute Gasteiger partial charge is 0.410 e. The molecule has 0 aromatic heterocycles. The van der Waals surface area contributed by atoms with Gasteiger partial charge in [-0.3, -0.25) is 0 Å². The van der Waals surface area contributed by atoms with Crippen molar-refractivity contribution in [1.82, 2.24) is 4.90 Å². The number of ether oxygens (including phenoxy) is 2. The van der Waals surface area contributed by atoms with Gasteiger partial charge < -0.3 is 20.1 Å². The summed E-state index contributed by atoms with van der Waals surface area (Å²) in [4.78, 5) is 13.1. The lowest BCUT2D eigenvalue weighted by Gasteiger charge is -2.22. The van der Waals surface area contributed by atoms with E-state index in [1.54, 1.807) is 4.90 Å². The summed E-state index contributed by atoms with van der Waals surface area (Å²) in [6.45, 7) is 5.75. The molecule has 5 heteroatoms. The first-order chi connectivity index (χ1) is 6.59. The second-order valence-corrected chi connectivity index (χ2v) is 3.71. The summed E-state index contributed by atoms with van der Waals surface area (Å²) in [5.41, 5.74) is 5.72. The Hall–Kier alpha value is -0.810. The van der Waals surface area contributed by atoms with Crippen molar-refractivity contribution in [3.8, 4) is 0 Å². The van der Waals surface area contributed by atoms with Gasteiger partial charge in [-0.05, 0) is 13.8 Å². The van der Waals surface area contributed by atoms with Crippen molar-refractivity contribution in [2.75, 3.05) is 26.3 Å². The largest absolute Gasteiger partial charge is 0.447 e. The van der Waals surface area contributed by atoms with Crippen molar-refractivity contribution in [2.45, 2.75) is 26.0 Å². The molecule has 0 saturated carbocycles. The zero-order valence-corrected chi connectivity index (χ0v) is 8.73. The minimum atomic E-state index is -0.305. The average Bonchev–Trinajstić information content (AvgIpc) is 2.28. The van der Waals surface area contributed by atoms with Crippen LogP contribution >= 0.6 is 0 Å². The molecule has 1 heterocycles. The van der Waals surface area contributed by atoms with Gasteiger partial charge in [0.2, 0.25) is 0 Å². The Kier molecular flexibility index (Phi) is 4.16. The molecule has 1 saturated heterocycles. The number of carbonyl (C=O) groups is 1. The Balaban J connectivity index is 2.44. The van der Waals surface area contributed by atoms with Gasteiger partial charge in [-0.25, -0.2) is 4.79 Å². The molecule has 1 atom stereocenters. The third-order valence-corrected chi connectivity index (χ3v) is 1.89. The van der Waals surface area contributed by atoms with Crippen molar-refractivity contribution in [2.24, 2.45) is 5.73 Å². The zero-order valence-electron chi connectivity index (χ0n) is 8.73. The number of amides is 1. The van der Waals surface area contributed by atoms with Crippen molar-refractivity contribution in [1.29, 1.82) is 0 Å². The van der Waals surface area contributed by atoms with E-state index in [0.29, 0.717) is 26.3 Å². The normalized spacial score (nSPS) is 23.4. The lowest BCUT2D eigenvalue weighted by atomic mass is 10.3. The highest BCUT2D eigenvalue weighted by molar-refractivity contribution is 5.67. The number of nitrogens with two attached hydrogens (primary N) is 1. The Labute approximate surface area is 84.1 Å². The fourth-order valence-corrected chi connectivity index (χ4v) is 1.28. The predicted molar refractivity (Wildman–Crippen MR) is 52.0 cm³/mol. The van der Waals surface area contributed by atoms with E-state index in [1.807, 2.05) is 13.8 Å².